The average molecular weight is 262 g/mol. The number of pyridine rings is 1. The van der Waals surface area contributed by atoms with Crippen LogP contribution in [-0.4, -0.2) is 4.98 Å². The summed E-state index contributed by atoms with van der Waals surface area (Å²) in [6, 6.07) is 2.00. The number of aromatic nitrogens is 1. The van der Waals surface area contributed by atoms with Gasteiger partial charge in [-0.2, -0.15) is 5.26 Å². The molecule has 0 bridgehead atoms. The molecule has 1 heterocycles. The Hall–Kier alpha value is -0.400. The van der Waals surface area contributed by atoms with Crippen LogP contribution in [-0.2, 0) is 0 Å². The van der Waals surface area contributed by atoms with Gasteiger partial charge in [-0.25, -0.2) is 0 Å². The van der Waals surface area contributed by atoms with E-state index in [9.17, 15) is 0 Å². The summed E-state index contributed by atoms with van der Waals surface area (Å²) in [5, 5.41) is 8.50. The molecule has 0 N–H and O–H groups in total. The third-order valence-corrected chi connectivity index (χ3v) is 2.95. The number of hydrogen-bond donors (Lipinski definition) is 0. The first kappa shape index (κ1) is 7.70. The number of nitriles is 1. The van der Waals surface area contributed by atoms with Crippen molar-refractivity contribution in [3.05, 3.63) is 26.9 Å². The summed E-state index contributed by atoms with van der Waals surface area (Å²) in [5.74, 6) is 0. The molecule has 0 aromatic carbocycles. The first-order valence-electron chi connectivity index (χ1n) is 2.45. The molecule has 0 aliphatic carbocycles. The van der Waals surface area contributed by atoms with Crippen LogP contribution in [0.3, 0.4) is 0 Å². The van der Waals surface area contributed by atoms with E-state index >= 15 is 0 Å². The minimum Gasteiger partial charge on any atom is -0.262 e. The second-order valence-corrected chi connectivity index (χ2v) is 3.24. The fourth-order valence-corrected chi connectivity index (χ4v) is 1.12. The van der Waals surface area contributed by atoms with Crippen LogP contribution in [0.25, 0.3) is 0 Å². The zero-order valence-corrected chi connectivity index (χ0v) is 7.98. The molecule has 0 saturated carbocycles. The lowest BCUT2D eigenvalue weighted by Crippen LogP contribution is -1.80. The van der Waals surface area contributed by atoms with Gasteiger partial charge in [0.2, 0.25) is 0 Å². The molecule has 0 spiro atoms. The lowest BCUT2D eigenvalue weighted by atomic mass is 10.3. The van der Waals surface area contributed by atoms with E-state index in [1.807, 2.05) is 6.07 Å². The van der Waals surface area contributed by atoms with E-state index in [1.54, 1.807) is 6.20 Å². The zero-order valence-electron chi connectivity index (χ0n) is 4.81. The van der Waals surface area contributed by atoms with E-state index in [0.717, 1.165) is 8.95 Å². The summed E-state index contributed by atoms with van der Waals surface area (Å²) in [6.07, 6.45) is 3.14. The summed E-state index contributed by atoms with van der Waals surface area (Å²) in [6.45, 7) is 0. The molecular weight excluding hydrogens is 260 g/mol. The highest BCUT2D eigenvalue weighted by Gasteiger charge is 2.01. The van der Waals surface area contributed by atoms with E-state index in [0.29, 0.717) is 5.56 Å². The average Bonchev–Trinajstić information content (AvgIpc) is 1.95. The molecule has 1 aromatic rings. The molecule has 0 fully saturated rings. The Morgan fingerprint density at radius 2 is 2.10 bits per heavy atom. The summed E-state index contributed by atoms with van der Waals surface area (Å²) in [5.41, 5.74) is 0.536. The van der Waals surface area contributed by atoms with Gasteiger partial charge in [0.1, 0.15) is 6.07 Å². The van der Waals surface area contributed by atoms with Crippen molar-refractivity contribution in [1.82, 2.24) is 4.98 Å². The molecule has 50 valence electrons. The van der Waals surface area contributed by atoms with Crippen molar-refractivity contribution in [2.75, 3.05) is 0 Å². The Bertz CT molecular complexity index is 290. The van der Waals surface area contributed by atoms with Crippen LogP contribution in [0.5, 0.6) is 0 Å². The summed E-state index contributed by atoms with van der Waals surface area (Å²) in [4.78, 5) is 3.82. The first-order valence-corrected chi connectivity index (χ1v) is 4.03. The third-order valence-electron chi connectivity index (χ3n) is 0.958. The lowest BCUT2D eigenvalue weighted by Gasteiger charge is -1.94. The van der Waals surface area contributed by atoms with Gasteiger partial charge in [0, 0.05) is 12.4 Å². The van der Waals surface area contributed by atoms with Gasteiger partial charge < -0.3 is 0 Å². The Labute approximate surface area is 75.1 Å². The fraction of sp³-hybridized carbons (Fsp3) is 0. The highest BCUT2D eigenvalue weighted by molar-refractivity contribution is 9.13. The second kappa shape index (κ2) is 3.13. The van der Waals surface area contributed by atoms with Crippen molar-refractivity contribution in [3.63, 3.8) is 0 Å². The van der Waals surface area contributed by atoms with Gasteiger partial charge in [-0.05, 0) is 31.9 Å². The van der Waals surface area contributed by atoms with E-state index < -0.39 is 0 Å². The number of halogens is 2. The molecule has 4 heteroatoms. The summed E-state index contributed by atoms with van der Waals surface area (Å²) in [7, 11) is 0. The van der Waals surface area contributed by atoms with Gasteiger partial charge in [-0.1, -0.05) is 0 Å². The quantitative estimate of drug-likeness (QED) is 0.720. The molecule has 1 rings (SSSR count). The topological polar surface area (TPSA) is 36.7 Å². The molecule has 0 saturated heterocycles. The Morgan fingerprint density at radius 1 is 1.40 bits per heavy atom. The molecule has 0 amide bonds. The summed E-state index contributed by atoms with van der Waals surface area (Å²) >= 11 is 6.46. The maximum Gasteiger partial charge on any atom is 0.102 e. The standard InChI is InChI=1S/C6H2Br2N2/c7-5-3-10-2-4(1-9)6(5)8/h2-3H. The second-order valence-electron chi connectivity index (χ2n) is 1.59. The molecule has 2 nitrogen and oxygen atoms in total. The van der Waals surface area contributed by atoms with Crippen LogP contribution in [0.1, 0.15) is 5.56 Å². The van der Waals surface area contributed by atoms with Gasteiger partial charge in [0.15, 0.2) is 0 Å². The van der Waals surface area contributed by atoms with Gasteiger partial charge in [-0.15, -0.1) is 0 Å². The van der Waals surface area contributed by atoms with Crippen molar-refractivity contribution in [3.8, 4) is 6.07 Å². The molecule has 0 radical (unpaired) electrons. The van der Waals surface area contributed by atoms with Crippen LogP contribution >= 0.6 is 31.9 Å². The van der Waals surface area contributed by atoms with Crippen LogP contribution < -0.4 is 0 Å². The fourth-order valence-electron chi connectivity index (χ4n) is 0.497. The largest absolute Gasteiger partial charge is 0.262 e. The third kappa shape index (κ3) is 1.36. The minimum atomic E-state index is 0.536. The van der Waals surface area contributed by atoms with Gasteiger partial charge in [0.25, 0.3) is 0 Å². The normalized spacial score (nSPS) is 8.90. The van der Waals surface area contributed by atoms with E-state index in [4.69, 9.17) is 5.26 Å². The van der Waals surface area contributed by atoms with Crippen molar-refractivity contribution in [2.45, 2.75) is 0 Å². The highest BCUT2D eigenvalue weighted by Crippen LogP contribution is 2.24. The Kier molecular flexibility index (Phi) is 2.41. The van der Waals surface area contributed by atoms with Crippen molar-refractivity contribution < 1.29 is 0 Å². The van der Waals surface area contributed by atoms with E-state index in [1.165, 1.54) is 6.20 Å². The van der Waals surface area contributed by atoms with Crippen LogP contribution in [0.4, 0.5) is 0 Å². The van der Waals surface area contributed by atoms with Crippen molar-refractivity contribution >= 4 is 31.9 Å². The van der Waals surface area contributed by atoms with E-state index in [2.05, 4.69) is 36.8 Å². The highest BCUT2D eigenvalue weighted by atomic mass is 79.9. The Balaban J connectivity index is 3.31. The van der Waals surface area contributed by atoms with Crippen molar-refractivity contribution in [1.29, 1.82) is 5.26 Å². The summed E-state index contributed by atoms with van der Waals surface area (Å²) < 4.78 is 1.55. The maximum atomic E-state index is 8.50. The first-order chi connectivity index (χ1) is 4.75. The molecule has 0 aliphatic heterocycles. The number of hydrogen-bond acceptors (Lipinski definition) is 2. The van der Waals surface area contributed by atoms with Crippen LogP contribution in [0.15, 0.2) is 21.3 Å². The predicted molar refractivity (Wildman–Crippen MR) is 44.4 cm³/mol. The Morgan fingerprint density at radius 3 is 2.60 bits per heavy atom. The molecule has 0 aliphatic rings. The number of nitrogens with zero attached hydrogens (tertiary/aromatic N) is 2. The molecule has 0 atom stereocenters. The van der Waals surface area contributed by atoms with Crippen LogP contribution in [0, 0.1) is 11.3 Å². The predicted octanol–water partition coefficient (Wildman–Crippen LogP) is 2.48. The molecular formula is C6H2Br2N2. The number of rotatable bonds is 0. The van der Waals surface area contributed by atoms with Gasteiger partial charge >= 0.3 is 0 Å². The lowest BCUT2D eigenvalue weighted by molar-refractivity contribution is 1.27. The molecule has 0 unspecified atom stereocenters. The minimum absolute atomic E-state index is 0.536. The smallest absolute Gasteiger partial charge is 0.102 e. The monoisotopic (exact) mass is 260 g/mol. The van der Waals surface area contributed by atoms with Crippen LogP contribution in [0.2, 0.25) is 0 Å². The zero-order chi connectivity index (χ0) is 7.56. The SMILES string of the molecule is N#Cc1cncc(Br)c1Br. The maximum absolute atomic E-state index is 8.50. The van der Waals surface area contributed by atoms with E-state index in [-0.39, 0.29) is 0 Å². The van der Waals surface area contributed by atoms with Gasteiger partial charge in [-0.3, -0.25) is 4.98 Å². The van der Waals surface area contributed by atoms with Gasteiger partial charge in [0.05, 0.1) is 14.5 Å². The molecule has 10 heavy (non-hydrogen) atoms. The molecule has 1 aromatic heterocycles. The van der Waals surface area contributed by atoms with Crippen molar-refractivity contribution in [2.24, 2.45) is 0 Å².